The number of rotatable bonds is 18. The molecule has 0 radical (unpaired) electrons. The number of thiazole rings is 1. The van der Waals surface area contributed by atoms with E-state index in [1.807, 2.05) is 42.5 Å². The number of aromatic nitrogens is 1. The van der Waals surface area contributed by atoms with E-state index in [0.29, 0.717) is 47.5 Å². The molecule has 0 atom stereocenters. The summed E-state index contributed by atoms with van der Waals surface area (Å²) in [5, 5.41) is 0.929. The van der Waals surface area contributed by atoms with Gasteiger partial charge in [0.15, 0.2) is 28.8 Å². The zero-order valence-corrected chi connectivity index (χ0v) is 27.5. The highest BCUT2D eigenvalue weighted by Gasteiger charge is 2.16. The van der Waals surface area contributed by atoms with Crippen molar-refractivity contribution in [1.29, 1.82) is 0 Å². The van der Waals surface area contributed by atoms with Gasteiger partial charge in [0, 0.05) is 11.1 Å². The third-order valence-corrected chi connectivity index (χ3v) is 8.16. The fourth-order valence-corrected chi connectivity index (χ4v) is 5.53. The predicted octanol–water partition coefficient (Wildman–Crippen LogP) is 8.65. The maximum Gasteiger partial charge on any atom is 0.203 e. The molecule has 0 aliphatic rings. The fourth-order valence-electron chi connectivity index (χ4n) is 4.61. The van der Waals surface area contributed by atoms with Crippen LogP contribution >= 0.6 is 11.3 Å². The Morgan fingerprint density at radius 2 is 1.43 bits per heavy atom. The fraction of sp³-hybridized carbons (Fsp3) is 0.243. The molecule has 9 heteroatoms. The molecule has 0 spiro atoms. The van der Waals surface area contributed by atoms with Gasteiger partial charge >= 0.3 is 0 Å². The molecule has 0 saturated carbocycles. The molecule has 1 aromatic heterocycles. The van der Waals surface area contributed by atoms with Crippen molar-refractivity contribution in [3.05, 3.63) is 95.5 Å². The minimum absolute atomic E-state index is 0.209. The van der Waals surface area contributed by atoms with Crippen LogP contribution in [-0.2, 0) is 0 Å². The number of ether oxygens (including phenoxy) is 6. The Labute approximate surface area is 274 Å². The lowest BCUT2D eigenvalue weighted by Gasteiger charge is -2.13. The molecule has 240 valence electrons. The lowest BCUT2D eigenvalue weighted by atomic mass is 10.1. The third-order valence-electron chi connectivity index (χ3n) is 7.04. The SMILES string of the molecule is C=Cc1nc(-c2ccc(OCCCCCOc3cc(/C=C/C(=O)c4cc(OC)c(OC)c(OC)c4)ccc3OC)cc2)sc1C=C. The molecule has 8 nitrogen and oxygen atoms in total. The maximum atomic E-state index is 12.9. The Morgan fingerprint density at radius 3 is 2.02 bits per heavy atom. The molecule has 3 aromatic carbocycles. The van der Waals surface area contributed by atoms with Crippen molar-refractivity contribution in [3.63, 3.8) is 0 Å². The lowest BCUT2D eigenvalue weighted by Crippen LogP contribution is -2.02. The highest BCUT2D eigenvalue weighted by molar-refractivity contribution is 7.16. The summed E-state index contributed by atoms with van der Waals surface area (Å²) in [5.41, 5.74) is 3.10. The van der Waals surface area contributed by atoms with Crippen LogP contribution in [0.1, 0.15) is 45.8 Å². The average molecular weight is 642 g/mol. The largest absolute Gasteiger partial charge is 0.494 e. The zero-order chi connectivity index (χ0) is 32.9. The van der Waals surface area contributed by atoms with Crippen LogP contribution in [0.2, 0.25) is 0 Å². The van der Waals surface area contributed by atoms with E-state index in [1.54, 1.807) is 48.8 Å². The van der Waals surface area contributed by atoms with E-state index in [0.717, 1.165) is 51.7 Å². The van der Waals surface area contributed by atoms with Gasteiger partial charge < -0.3 is 28.4 Å². The summed E-state index contributed by atoms with van der Waals surface area (Å²) < 4.78 is 33.5. The van der Waals surface area contributed by atoms with E-state index < -0.39 is 0 Å². The summed E-state index contributed by atoms with van der Waals surface area (Å²) in [6.07, 6.45) is 9.47. The van der Waals surface area contributed by atoms with Crippen molar-refractivity contribution in [1.82, 2.24) is 4.98 Å². The quantitative estimate of drug-likeness (QED) is 0.0606. The van der Waals surface area contributed by atoms with E-state index in [4.69, 9.17) is 28.4 Å². The predicted molar refractivity (Wildman–Crippen MR) is 185 cm³/mol. The third kappa shape index (κ3) is 8.57. The molecule has 0 unspecified atom stereocenters. The first-order valence-corrected chi connectivity index (χ1v) is 15.6. The first-order chi connectivity index (χ1) is 22.4. The summed E-state index contributed by atoms with van der Waals surface area (Å²) >= 11 is 1.59. The molecular weight excluding hydrogens is 602 g/mol. The van der Waals surface area contributed by atoms with Crippen molar-refractivity contribution in [3.8, 4) is 45.1 Å². The van der Waals surface area contributed by atoms with Crippen molar-refractivity contribution in [2.24, 2.45) is 0 Å². The molecule has 0 aliphatic carbocycles. The van der Waals surface area contributed by atoms with Gasteiger partial charge in [0.25, 0.3) is 0 Å². The van der Waals surface area contributed by atoms with Gasteiger partial charge in [-0.3, -0.25) is 4.79 Å². The zero-order valence-electron chi connectivity index (χ0n) is 26.7. The van der Waals surface area contributed by atoms with Crippen molar-refractivity contribution in [2.45, 2.75) is 19.3 Å². The number of allylic oxidation sites excluding steroid dienone is 1. The molecule has 0 N–H and O–H groups in total. The van der Waals surface area contributed by atoms with E-state index in [9.17, 15) is 4.79 Å². The van der Waals surface area contributed by atoms with E-state index in [2.05, 4.69) is 18.1 Å². The number of hydrogen-bond acceptors (Lipinski definition) is 9. The Balaban J connectivity index is 1.24. The number of carbonyl (C=O) groups is 1. The number of benzene rings is 3. The monoisotopic (exact) mass is 641 g/mol. The molecule has 1 heterocycles. The highest BCUT2D eigenvalue weighted by Crippen LogP contribution is 2.38. The van der Waals surface area contributed by atoms with Crippen LogP contribution in [0.3, 0.4) is 0 Å². The first kappa shape index (κ1) is 33.9. The number of carbonyl (C=O) groups excluding carboxylic acids is 1. The first-order valence-electron chi connectivity index (χ1n) is 14.8. The maximum absolute atomic E-state index is 12.9. The number of unbranched alkanes of at least 4 members (excludes halogenated alkanes) is 2. The van der Waals surface area contributed by atoms with Crippen molar-refractivity contribution >= 4 is 35.3 Å². The average Bonchev–Trinajstić information content (AvgIpc) is 3.53. The molecule has 4 aromatic rings. The Hall–Kier alpha value is -5.02. The summed E-state index contributed by atoms with van der Waals surface area (Å²) in [6, 6.07) is 16.8. The normalized spacial score (nSPS) is 10.8. The van der Waals surface area contributed by atoms with Crippen molar-refractivity contribution in [2.75, 3.05) is 41.7 Å². The molecule has 46 heavy (non-hydrogen) atoms. The second kappa shape index (κ2) is 16.9. The smallest absolute Gasteiger partial charge is 0.203 e. The van der Waals surface area contributed by atoms with Gasteiger partial charge in [0.05, 0.1) is 52.2 Å². The molecular formula is C37H39NO7S. The van der Waals surface area contributed by atoms with Crippen LogP contribution in [0.25, 0.3) is 28.8 Å². The van der Waals surface area contributed by atoms with Gasteiger partial charge in [-0.25, -0.2) is 4.98 Å². The summed E-state index contributed by atoms with van der Waals surface area (Å²) in [5.74, 6) is 3.11. The van der Waals surface area contributed by atoms with Crippen LogP contribution in [-0.4, -0.2) is 52.4 Å². The molecule has 0 saturated heterocycles. The topological polar surface area (TPSA) is 85.3 Å². The Kier molecular flexibility index (Phi) is 12.4. The molecule has 0 amide bonds. The second-order valence-electron chi connectivity index (χ2n) is 9.98. The number of methoxy groups -OCH3 is 4. The summed E-state index contributed by atoms with van der Waals surface area (Å²) in [4.78, 5) is 18.6. The van der Waals surface area contributed by atoms with Crippen LogP contribution in [0.5, 0.6) is 34.5 Å². The summed E-state index contributed by atoms with van der Waals surface area (Å²) in [6.45, 7) is 8.81. The number of ketones is 1. The lowest BCUT2D eigenvalue weighted by molar-refractivity contribution is 0.104. The van der Waals surface area contributed by atoms with Crippen molar-refractivity contribution < 1.29 is 33.2 Å². The van der Waals surface area contributed by atoms with E-state index in [-0.39, 0.29) is 5.78 Å². The highest BCUT2D eigenvalue weighted by atomic mass is 32.1. The van der Waals surface area contributed by atoms with Gasteiger partial charge in [-0.15, -0.1) is 11.3 Å². The van der Waals surface area contributed by atoms with Crippen LogP contribution in [0.4, 0.5) is 0 Å². The Bertz CT molecular complexity index is 1620. The minimum atomic E-state index is -0.209. The minimum Gasteiger partial charge on any atom is -0.494 e. The van der Waals surface area contributed by atoms with Gasteiger partial charge in [-0.1, -0.05) is 25.3 Å². The van der Waals surface area contributed by atoms with Gasteiger partial charge in [-0.05, 0) is 91.6 Å². The van der Waals surface area contributed by atoms with Crippen LogP contribution in [0, 0.1) is 0 Å². The molecule has 0 fully saturated rings. The van der Waals surface area contributed by atoms with Gasteiger partial charge in [-0.2, -0.15) is 0 Å². The van der Waals surface area contributed by atoms with Gasteiger partial charge in [0.1, 0.15) is 10.8 Å². The number of hydrogen-bond donors (Lipinski definition) is 0. The number of nitrogens with zero attached hydrogens (tertiary/aromatic N) is 1. The van der Waals surface area contributed by atoms with Gasteiger partial charge in [0.2, 0.25) is 5.75 Å². The molecule has 0 bridgehead atoms. The van der Waals surface area contributed by atoms with E-state index in [1.165, 1.54) is 27.4 Å². The van der Waals surface area contributed by atoms with Crippen LogP contribution in [0.15, 0.2) is 73.8 Å². The van der Waals surface area contributed by atoms with Crippen LogP contribution < -0.4 is 28.4 Å². The molecule has 4 rings (SSSR count). The van der Waals surface area contributed by atoms with E-state index >= 15 is 0 Å². The Morgan fingerprint density at radius 1 is 0.761 bits per heavy atom. The standard InChI is InChI=1S/C37H39NO7S/c1-7-29-35(8-2)46-37(38-29)26-14-16-28(17-15-26)44-20-10-9-11-21-45-32-22-25(13-19-31(32)40-3)12-18-30(39)27-23-33(41-4)36(43-6)34(24-27)42-5/h7-8,12-19,22-24H,1-2,9-11,20-21H2,3-6H3/b18-12+. The second-order valence-corrected chi connectivity index (χ2v) is 11.0. The molecule has 0 aliphatic heterocycles. The summed E-state index contributed by atoms with van der Waals surface area (Å²) in [7, 11) is 6.14.